The van der Waals surface area contributed by atoms with Crippen LogP contribution in [0.25, 0.3) is 0 Å². The van der Waals surface area contributed by atoms with Gasteiger partial charge in [-0.25, -0.2) is 4.98 Å². The summed E-state index contributed by atoms with van der Waals surface area (Å²) in [5.41, 5.74) is 3.52. The number of amides is 1. The highest BCUT2D eigenvalue weighted by molar-refractivity contribution is 5.94. The number of carbonyl (C=O) groups excluding carboxylic acids is 1. The van der Waals surface area contributed by atoms with Crippen LogP contribution in [0.4, 0.5) is 5.95 Å². The Balaban J connectivity index is 1.47. The van der Waals surface area contributed by atoms with Crippen LogP contribution in [0.5, 0.6) is 17.4 Å². The highest BCUT2D eigenvalue weighted by Gasteiger charge is 2.28. The third-order valence-corrected chi connectivity index (χ3v) is 6.13. The lowest BCUT2D eigenvalue weighted by Crippen LogP contribution is -2.39. The Bertz CT molecular complexity index is 1180. The molecule has 3 aromatic rings. The Hall–Kier alpha value is -3.65. The third kappa shape index (κ3) is 4.68. The second-order valence-electron chi connectivity index (χ2n) is 8.48. The van der Waals surface area contributed by atoms with Gasteiger partial charge in [0.15, 0.2) is 0 Å². The van der Waals surface area contributed by atoms with Gasteiger partial charge in [-0.1, -0.05) is 17.7 Å². The molecule has 1 aromatic heterocycles. The van der Waals surface area contributed by atoms with Gasteiger partial charge in [0.05, 0.1) is 38.1 Å². The number of carbonyl (C=O) groups is 1. The average Bonchev–Trinajstić information content (AvgIpc) is 2.89. The van der Waals surface area contributed by atoms with Gasteiger partial charge in [0, 0.05) is 31.6 Å². The topological polar surface area (TPSA) is 77.0 Å². The Morgan fingerprint density at radius 1 is 1.00 bits per heavy atom. The minimum atomic E-state index is 0.00185. The second kappa shape index (κ2) is 9.69. The maximum atomic E-state index is 13.2. The zero-order valence-electron chi connectivity index (χ0n) is 19.5. The van der Waals surface area contributed by atoms with Crippen molar-refractivity contribution in [1.82, 2.24) is 14.9 Å². The lowest BCUT2D eigenvalue weighted by molar-refractivity contribution is 0.0731. The maximum Gasteiger partial charge on any atom is 0.254 e. The monoisotopic (exact) mass is 460 g/mol. The number of ether oxygens (including phenoxy) is 3. The van der Waals surface area contributed by atoms with Gasteiger partial charge in [0.2, 0.25) is 11.8 Å². The van der Waals surface area contributed by atoms with E-state index in [1.54, 1.807) is 7.11 Å². The molecule has 2 aliphatic rings. The number of aromatic nitrogens is 2. The number of nitrogens with zero attached hydrogens (tertiary/aromatic N) is 4. The molecule has 0 spiro atoms. The minimum absolute atomic E-state index is 0.00185. The van der Waals surface area contributed by atoms with Crippen LogP contribution in [-0.2, 0) is 17.7 Å². The summed E-state index contributed by atoms with van der Waals surface area (Å²) < 4.78 is 17.0. The second-order valence-corrected chi connectivity index (χ2v) is 8.48. The molecule has 0 aliphatic carbocycles. The van der Waals surface area contributed by atoms with E-state index in [4.69, 9.17) is 24.2 Å². The van der Waals surface area contributed by atoms with Crippen molar-refractivity contribution in [2.24, 2.45) is 0 Å². The van der Waals surface area contributed by atoms with Gasteiger partial charge in [-0.2, -0.15) is 4.98 Å². The van der Waals surface area contributed by atoms with Crippen molar-refractivity contribution >= 4 is 11.9 Å². The largest absolute Gasteiger partial charge is 0.497 e. The molecule has 0 N–H and O–H groups in total. The van der Waals surface area contributed by atoms with Gasteiger partial charge in [-0.3, -0.25) is 4.79 Å². The lowest BCUT2D eigenvalue weighted by atomic mass is 10.0. The van der Waals surface area contributed by atoms with Crippen molar-refractivity contribution in [2.75, 3.05) is 44.9 Å². The molecule has 2 aromatic carbocycles. The molecule has 1 saturated heterocycles. The molecule has 0 atom stereocenters. The first-order valence-electron chi connectivity index (χ1n) is 11.5. The lowest BCUT2D eigenvalue weighted by Gasteiger charge is -2.32. The summed E-state index contributed by atoms with van der Waals surface area (Å²) in [5, 5.41) is 0. The number of fused-ring (bicyclic) bond motifs is 1. The number of hydrogen-bond donors (Lipinski definition) is 0. The number of benzene rings is 2. The van der Waals surface area contributed by atoms with E-state index in [2.05, 4.69) is 4.90 Å². The van der Waals surface area contributed by atoms with Crippen molar-refractivity contribution in [3.05, 3.63) is 70.9 Å². The summed E-state index contributed by atoms with van der Waals surface area (Å²) in [5.74, 6) is 2.53. The van der Waals surface area contributed by atoms with E-state index < -0.39 is 0 Å². The normalized spacial score (nSPS) is 15.6. The predicted octanol–water partition coefficient (Wildman–Crippen LogP) is 3.62. The summed E-state index contributed by atoms with van der Waals surface area (Å²) >= 11 is 0. The molecule has 1 fully saturated rings. The standard InChI is InChI=1S/C26H28N4O4/c1-18-4-3-5-19(16-18)25(31)30-11-10-23-22(17-30)24(34-21-8-6-20(32-2)7-9-21)28-26(27-23)29-12-14-33-15-13-29/h3-9,16H,10-15,17H2,1-2H3. The van der Waals surface area contributed by atoms with Crippen LogP contribution in [0.3, 0.4) is 0 Å². The van der Waals surface area contributed by atoms with E-state index in [1.807, 2.05) is 60.4 Å². The quantitative estimate of drug-likeness (QED) is 0.576. The molecule has 1 amide bonds. The molecular weight excluding hydrogens is 432 g/mol. The van der Waals surface area contributed by atoms with E-state index in [0.717, 1.165) is 35.7 Å². The van der Waals surface area contributed by atoms with Gasteiger partial charge < -0.3 is 24.0 Å². The zero-order valence-corrected chi connectivity index (χ0v) is 19.5. The predicted molar refractivity (Wildman–Crippen MR) is 128 cm³/mol. The van der Waals surface area contributed by atoms with Crippen molar-refractivity contribution < 1.29 is 19.0 Å². The number of rotatable bonds is 5. The van der Waals surface area contributed by atoms with Crippen molar-refractivity contribution in [3.63, 3.8) is 0 Å². The molecule has 34 heavy (non-hydrogen) atoms. The molecule has 0 radical (unpaired) electrons. The fourth-order valence-corrected chi connectivity index (χ4v) is 4.25. The molecule has 8 nitrogen and oxygen atoms in total. The zero-order chi connectivity index (χ0) is 23.5. The first kappa shape index (κ1) is 22.2. The van der Waals surface area contributed by atoms with Crippen molar-refractivity contribution in [2.45, 2.75) is 19.9 Å². The third-order valence-electron chi connectivity index (χ3n) is 6.13. The van der Waals surface area contributed by atoms with Crippen LogP contribution >= 0.6 is 0 Å². The van der Waals surface area contributed by atoms with Crippen LogP contribution in [0.1, 0.15) is 27.2 Å². The fraction of sp³-hybridized carbons (Fsp3) is 0.346. The summed E-state index contributed by atoms with van der Waals surface area (Å²) in [6.45, 7) is 5.75. The average molecular weight is 461 g/mol. The van der Waals surface area contributed by atoms with Crippen LogP contribution in [0.2, 0.25) is 0 Å². The van der Waals surface area contributed by atoms with Gasteiger partial charge in [-0.05, 0) is 43.3 Å². The maximum absolute atomic E-state index is 13.2. The van der Waals surface area contributed by atoms with Crippen LogP contribution in [0.15, 0.2) is 48.5 Å². The molecule has 5 rings (SSSR count). The molecule has 176 valence electrons. The first-order chi connectivity index (χ1) is 16.6. The van der Waals surface area contributed by atoms with Crippen LogP contribution in [0, 0.1) is 6.92 Å². The Morgan fingerprint density at radius 3 is 2.50 bits per heavy atom. The first-order valence-corrected chi connectivity index (χ1v) is 11.5. The van der Waals surface area contributed by atoms with E-state index in [-0.39, 0.29) is 5.91 Å². The molecular formula is C26H28N4O4. The highest BCUT2D eigenvalue weighted by atomic mass is 16.5. The molecule has 0 saturated carbocycles. The number of hydrogen-bond acceptors (Lipinski definition) is 7. The van der Waals surface area contributed by atoms with E-state index >= 15 is 0 Å². The Morgan fingerprint density at radius 2 is 1.76 bits per heavy atom. The summed E-state index contributed by atoms with van der Waals surface area (Å²) in [6, 6.07) is 15.1. The van der Waals surface area contributed by atoms with E-state index in [9.17, 15) is 4.79 Å². The molecule has 0 bridgehead atoms. The molecule has 8 heteroatoms. The highest BCUT2D eigenvalue weighted by Crippen LogP contribution is 2.32. The fourth-order valence-electron chi connectivity index (χ4n) is 4.25. The summed E-state index contributed by atoms with van der Waals surface area (Å²) in [7, 11) is 1.63. The smallest absolute Gasteiger partial charge is 0.254 e. The summed E-state index contributed by atoms with van der Waals surface area (Å²) in [6.07, 6.45) is 0.645. The molecule has 3 heterocycles. The van der Waals surface area contributed by atoms with Crippen LogP contribution < -0.4 is 14.4 Å². The SMILES string of the molecule is COc1ccc(Oc2nc(N3CCOCC3)nc3c2CN(C(=O)c2cccc(C)c2)CC3)cc1. The van der Waals surface area contributed by atoms with Crippen LogP contribution in [-0.4, -0.2) is 60.7 Å². The number of morpholine rings is 1. The van der Waals surface area contributed by atoms with Gasteiger partial charge in [-0.15, -0.1) is 0 Å². The molecule has 2 aliphatic heterocycles. The molecule has 0 unspecified atom stereocenters. The number of anilines is 1. The van der Waals surface area contributed by atoms with Crippen molar-refractivity contribution in [1.29, 1.82) is 0 Å². The van der Waals surface area contributed by atoms with Gasteiger partial charge >= 0.3 is 0 Å². The van der Waals surface area contributed by atoms with E-state index in [1.165, 1.54) is 0 Å². The number of methoxy groups -OCH3 is 1. The summed E-state index contributed by atoms with van der Waals surface area (Å²) in [4.78, 5) is 26.9. The van der Waals surface area contributed by atoms with Crippen molar-refractivity contribution in [3.8, 4) is 17.4 Å². The van der Waals surface area contributed by atoms with E-state index in [0.29, 0.717) is 55.9 Å². The van der Waals surface area contributed by atoms with Gasteiger partial charge in [0.1, 0.15) is 11.5 Å². The Labute approximate surface area is 199 Å². The van der Waals surface area contributed by atoms with Gasteiger partial charge in [0.25, 0.3) is 5.91 Å². The Kier molecular flexibility index (Phi) is 6.31. The number of aryl methyl sites for hydroxylation is 1. The minimum Gasteiger partial charge on any atom is -0.497 e.